The third-order valence-corrected chi connectivity index (χ3v) is 6.25. The van der Waals surface area contributed by atoms with Gasteiger partial charge in [0.15, 0.2) is 23.1 Å². The number of rotatable bonds is 3. The summed E-state index contributed by atoms with van der Waals surface area (Å²) in [7, 11) is 0. The molecule has 158 valence electrons. The Labute approximate surface area is 176 Å². The molecule has 0 bridgehead atoms. The third kappa shape index (κ3) is 3.74. The Hall–Kier alpha value is -3.03. The molecule has 2 saturated heterocycles. The fourth-order valence-corrected chi connectivity index (χ4v) is 4.24. The van der Waals surface area contributed by atoms with Crippen LogP contribution in [0.15, 0.2) is 30.3 Å². The zero-order chi connectivity index (χ0) is 20.5. The van der Waals surface area contributed by atoms with Gasteiger partial charge in [0.2, 0.25) is 6.79 Å². The van der Waals surface area contributed by atoms with Gasteiger partial charge in [-0.2, -0.15) is 0 Å². The van der Waals surface area contributed by atoms with Gasteiger partial charge in [-0.3, -0.25) is 4.79 Å². The minimum Gasteiger partial charge on any atom is -0.454 e. The van der Waals surface area contributed by atoms with Crippen molar-refractivity contribution in [3.8, 4) is 11.5 Å². The molecule has 0 spiro atoms. The van der Waals surface area contributed by atoms with Crippen molar-refractivity contribution < 1.29 is 14.3 Å². The number of aromatic nitrogens is 2. The number of carbonyl (C=O) groups excluding carboxylic acids is 1. The summed E-state index contributed by atoms with van der Waals surface area (Å²) in [5.74, 6) is 3.98. The summed E-state index contributed by atoms with van der Waals surface area (Å²) in [6.07, 6.45) is 2.42. The Morgan fingerprint density at radius 3 is 2.17 bits per heavy atom. The van der Waals surface area contributed by atoms with Gasteiger partial charge >= 0.3 is 0 Å². The Morgan fingerprint density at radius 1 is 0.867 bits per heavy atom. The van der Waals surface area contributed by atoms with Crippen molar-refractivity contribution in [3.05, 3.63) is 35.9 Å². The Balaban J connectivity index is 1.18. The number of benzene rings is 1. The first-order valence-corrected chi connectivity index (χ1v) is 10.7. The number of hydrogen-bond donors (Lipinski definition) is 0. The summed E-state index contributed by atoms with van der Waals surface area (Å²) in [6, 6.07) is 9.49. The van der Waals surface area contributed by atoms with E-state index < -0.39 is 0 Å². The van der Waals surface area contributed by atoms with Crippen molar-refractivity contribution >= 4 is 17.5 Å². The van der Waals surface area contributed by atoms with Crippen molar-refractivity contribution in [2.75, 3.05) is 55.9 Å². The average Bonchev–Trinajstić information content (AvgIpc) is 3.27. The predicted octanol–water partition coefficient (Wildman–Crippen LogP) is 2.40. The zero-order valence-corrected chi connectivity index (χ0v) is 17.3. The second kappa shape index (κ2) is 8.01. The fourth-order valence-electron chi connectivity index (χ4n) is 4.24. The topological polar surface area (TPSA) is 71.0 Å². The molecule has 0 saturated carbocycles. The molecule has 8 heteroatoms. The largest absolute Gasteiger partial charge is 0.454 e. The lowest BCUT2D eigenvalue weighted by Crippen LogP contribution is -2.49. The van der Waals surface area contributed by atoms with Gasteiger partial charge in [-0.25, -0.2) is 0 Å². The molecule has 1 aromatic heterocycles. The molecule has 30 heavy (non-hydrogen) atoms. The van der Waals surface area contributed by atoms with E-state index in [1.165, 1.54) is 12.8 Å². The lowest BCUT2D eigenvalue weighted by molar-refractivity contribution is 0.0746. The van der Waals surface area contributed by atoms with Crippen molar-refractivity contribution in [1.29, 1.82) is 0 Å². The summed E-state index contributed by atoms with van der Waals surface area (Å²) in [5, 5.41) is 8.93. The molecule has 1 aromatic carbocycles. The van der Waals surface area contributed by atoms with Crippen LogP contribution in [0.5, 0.6) is 11.5 Å². The average molecular weight is 409 g/mol. The standard InChI is InChI=1S/C22H27N5O3/c1-16-6-8-25(9-7-16)20-4-5-21(24-23-20)26-10-12-27(13-11-26)22(28)17-2-3-18-19(14-17)30-15-29-18/h2-5,14,16H,6-13,15H2,1H3. The van der Waals surface area contributed by atoms with Crippen LogP contribution >= 0.6 is 0 Å². The summed E-state index contributed by atoms with van der Waals surface area (Å²) in [6.45, 7) is 7.41. The van der Waals surface area contributed by atoms with E-state index in [1.54, 1.807) is 18.2 Å². The van der Waals surface area contributed by atoms with E-state index in [1.807, 2.05) is 4.90 Å². The van der Waals surface area contributed by atoms with Gasteiger partial charge in [-0.15, -0.1) is 10.2 Å². The SMILES string of the molecule is CC1CCN(c2ccc(N3CCN(C(=O)c4ccc5c(c4)OCO5)CC3)nn2)CC1. The lowest BCUT2D eigenvalue weighted by atomic mass is 9.99. The smallest absolute Gasteiger partial charge is 0.254 e. The molecular formula is C22H27N5O3. The number of piperidine rings is 1. The maximum Gasteiger partial charge on any atom is 0.254 e. The number of carbonyl (C=O) groups is 1. The van der Waals surface area contributed by atoms with Gasteiger partial charge in [0.1, 0.15) is 0 Å². The molecule has 3 aliphatic rings. The van der Waals surface area contributed by atoms with Gasteiger partial charge in [0.25, 0.3) is 5.91 Å². The molecule has 2 aromatic rings. The van der Waals surface area contributed by atoms with Crippen LogP contribution in [0.1, 0.15) is 30.1 Å². The minimum absolute atomic E-state index is 0.0220. The molecular weight excluding hydrogens is 382 g/mol. The predicted molar refractivity (Wildman–Crippen MR) is 113 cm³/mol. The van der Waals surface area contributed by atoms with E-state index in [0.29, 0.717) is 30.2 Å². The lowest BCUT2D eigenvalue weighted by Gasteiger charge is -2.35. The highest BCUT2D eigenvalue weighted by atomic mass is 16.7. The number of ether oxygens (including phenoxy) is 2. The first kappa shape index (κ1) is 19.0. The molecule has 0 aliphatic carbocycles. The summed E-state index contributed by atoms with van der Waals surface area (Å²) < 4.78 is 10.7. The highest BCUT2D eigenvalue weighted by Gasteiger charge is 2.25. The van der Waals surface area contributed by atoms with Crippen molar-refractivity contribution in [3.63, 3.8) is 0 Å². The van der Waals surface area contributed by atoms with Crippen LogP contribution in [0.25, 0.3) is 0 Å². The molecule has 8 nitrogen and oxygen atoms in total. The number of fused-ring (bicyclic) bond motifs is 1. The molecule has 0 atom stereocenters. The zero-order valence-electron chi connectivity index (χ0n) is 17.3. The van der Waals surface area contributed by atoms with Gasteiger partial charge < -0.3 is 24.2 Å². The minimum atomic E-state index is 0.0220. The second-order valence-corrected chi connectivity index (χ2v) is 8.27. The van der Waals surface area contributed by atoms with E-state index in [0.717, 1.165) is 43.7 Å². The number of anilines is 2. The van der Waals surface area contributed by atoms with Gasteiger partial charge in [-0.1, -0.05) is 6.92 Å². The van der Waals surface area contributed by atoms with Crippen LogP contribution in [0.3, 0.4) is 0 Å². The highest BCUT2D eigenvalue weighted by molar-refractivity contribution is 5.95. The number of piperazine rings is 1. The number of hydrogen-bond acceptors (Lipinski definition) is 7. The number of amides is 1. The summed E-state index contributed by atoms with van der Waals surface area (Å²) >= 11 is 0. The molecule has 2 fully saturated rings. The van der Waals surface area contributed by atoms with Crippen molar-refractivity contribution in [1.82, 2.24) is 15.1 Å². The first-order chi connectivity index (χ1) is 14.7. The van der Waals surface area contributed by atoms with Crippen LogP contribution in [0.2, 0.25) is 0 Å². The normalized spacial score (nSPS) is 19.3. The van der Waals surface area contributed by atoms with E-state index in [-0.39, 0.29) is 12.7 Å². The maximum atomic E-state index is 12.9. The molecule has 0 unspecified atom stereocenters. The first-order valence-electron chi connectivity index (χ1n) is 10.7. The molecule has 4 heterocycles. The van der Waals surface area contributed by atoms with E-state index >= 15 is 0 Å². The fraction of sp³-hybridized carbons (Fsp3) is 0.500. The monoisotopic (exact) mass is 409 g/mol. The third-order valence-electron chi connectivity index (χ3n) is 6.25. The van der Waals surface area contributed by atoms with Gasteiger partial charge in [0.05, 0.1) is 0 Å². The van der Waals surface area contributed by atoms with Crippen LogP contribution in [0.4, 0.5) is 11.6 Å². The molecule has 0 radical (unpaired) electrons. The summed E-state index contributed by atoms with van der Waals surface area (Å²) in [5.41, 5.74) is 0.632. The number of nitrogens with zero attached hydrogens (tertiary/aromatic N) is 5. The van der Waals surface area contributed by atoms with E-state index in [9.17, 15) is 4.79 Å². The van der Waals surface area contributed by atoms with E-state index in [4.69, 9.17) is 9.47 Å². The van der Waals surface area contributed by atoms with Gasteiger partial charge in [-0.05, 0) is 49.1 Å². The van der Waals surface area contributed by atoms with Crippen LogP contribution in [-0.4, -0.2) is 67.1 Å². The second-order valence-electron chi connectivity index (χ2n) is 8.27. The van der Waals surface area contributed by atoms with Crippen molar-refractivity contribution in [2.45, 2.75) is 19.8 Å². The molecule has 0 N–H and O–H groups in total. The molecule has 1 amide bonds. The van der Waals surface area contributed by atoms with Crippen LogP contribution < -0.4 is 19.3 Å². The Morgan fingerprint density at radius 2 is 1.50 bits per heavy atom. The maximum absolute atomic E-state index is 12.9. The van der Waals surface area contributed by atoms with E-state index in [2.05, 4.69) is 39.1 Å². The highest BCUT2D eigenvalue weighted by Crippen LogP contribution is 2.33. The van der Waals surface area contributed by atoms with Gasteiger partial charge in [0, 0.05) is 44.8 Å². The van der Waals surface area contributed by atoms with Crippen LogP contribution in [0, 0.1) is 5.92 Å². The molecule has 3 aliphatic heterocycles. The Bertz CT molecular complexity index is 903. The quantitative estimate of drug-likeness (QED) is 0.771. The van der Waals surface area contributed by atoms with Crippen LogP contribution in [-0.2, 0) is 0 Å². The van der Waals surface area contributed by atoms with Crippen molar-refractivity contribution in [2.24, 2.45) is 5.92 Å². The summed E-state index contributed by atoms with van der Waals surface area (Å²) in [4.78, 5) is 19.3. The Kier molecular flexibility index (Phi) is 5.06. The molecule has 5 rings (SSSR count).